The lowest BCUT2D eigenvalue weighted by Gasteiger charge is -2.05. The van der Waals surface area contributed by atoms with Crippen molar-refractivity contribution in [2.24, 2.45) is 7.05 Å². The van der Waals surface area contributed by atoms with Gasteiger partial charge in [0.15, 0.2) is 11.5 Å². The number of benzene rings is 1. The van der Waals surface area contributed by atoms with Crippen molar-refractivity contribution < 1.29 is 4.79 Å². The first-order valence-electron chi connectivity index (χ1n) is 7.54. The van der Waals surface area contributed by atoms with E-state index < -0.39 is 0 Å². The predicted octanol–water partition coefficient (Wildman–Crippen LogP) is 1.95. The van der Waals surface area contributed by atoms with Crippen molar-refractivity contribution >= 4 is 11.6 Å². The van der Waals surface area contributed by atoms with Crippen LogP contribution in [-0.2, 0) is 19.9 Å². The summed E-state index contributed by atoms with van der Waals surface area (Å²) in [6.45, 7) is 0. The molecule has 0 fully saturated rings. The molecule has 23 heavy (non-hydrogen) atoms. The highest BCUT2D eigenvalue weighted by Crippen LogP contribution is 2.24. The van der Waals surface area contributed by atoms with Crippen LogP contribution < -0.4 is 5.32 Å². The van der Waals surface area contributed by atoms with Gasteiger partial charge >= 0.3 is 0 Å². The van der Waals surface area contributed by atoms with Crippen LogP contribution in [-0.4, -0.2) is 30.9 Å². The molecule has 2 aromatic heterocycles. The summed E-state index contributed by atoms with van der Waals surface area (Å²) >= 11 is 0. The van der Waals surface area contributed by atoms with Crippen molar-refractivity contribution in [1.82, 2.24) is 25.0 Å². The summed E-state index contributed by atoms with van der Waals surface area (Å²) in [6, 6.07) is 7.49. The number of amides is 1. The number of carbonyl (C=O) groups excluding carboxylic acids is 1. The predicted molar refractivity (Wildman–Crippen MR) is 85.0 cm³/mol. The van der Waals surface area contributed by atoms with Crippen molar-refractivity contribution in [2.45, 2.75) is 19.3 Å². The molecule has 0 saturated heterocycles. The van der Waals surface area contributed by atoms with Crippen LogP contribution in [0.1, 0.15) is 28.2 Å². The van der Waals surface area contributed by atoms with Crippen LogP contribution >= 0.6 is 0 Å². The zero-order valence-electron chi connectivity index (χ0n) is 12.7. The molecule has 2 heterocycles. The summed E-state index contributed by atoms with van der Waals surface area (Å²) in [5, 5.41) is 14.3. The first-order valence-corrected chi connectivity index (χ1v) is 7.54. The van der Waals surface area contributed by atoms with E-state index in [0.717, 1.165) is 36.1 Å². The largest absolute Gasteiger partial charge is 0.321 e. The zero-order valence-corrected chi connectivity index (χ0v) is 12.7. The van der Waals surface area contributed by atoms with Crippen molar-refractivity contribution in [2.75, 3.05) is 5.32 Å². The van der Waals surface area contributed by atoms with Crippen LogP contribution in [0.5, 0.6) is 0 Å². The minimum atomic E-state index is -0.185. The maximum Gasteiger partial charge on any atom is 0.276 e. The molecule has 1 aliphatic rings. The molecule has 7 nitrogen and oxygen atoms in total. The summed E-state index contributed by atoms with van der Waals surface area (Å²) in [7, 11) is 1.82. The lowest BCUT2D eigenvalue weighted by atomic mass is 10.1. The second-order valence-electron chi connectivity index (χ2n) is 5.66. The lowest BCUT2D eigenvalue weighted by molar-refractivity contribution is 0.102. The highest BCUT2D eigenvalue weighted by molar-refractivity contribution is 6.04. The Bertz CT molecular complexity index is 878. The van der Waals surface area contributed by atoms with E-state index in [9.17, 15) is 4.79 Å². The molecule has 4 rings (SSSR count). The highest BCUT2D eigenvalue weighted by atomic mass is 16.1. The monoisotopic (exact) mass is 308 g/mol. The maximum atomic E-state index is 12.5. The summed E-state index contributed by atoms with van der Waals surface area (Å²) in [5.74, 6) is 0.444. The summed E-state index contributed by atoms with van der Waals surface area (Å²) in [6.07, 6.45) is 4.60. The number of hydrogen-bond acceptors (Lipinski definition) is 4. The fraction of sp³-hybridized carbons (Fsp3) is 0.250. The number of fused-ring (bicyclic) bond motifs is 1. The van der Waals surface area contributed by atoms with Crippen molar-refractivity contribution in [3.05, 3.63) is 47.5 Å². The lowest BCUT2D eigenvalue weighted by Crippen LogP contribution is -2.14. The van der Waals surface area contributed by atoms with Gasteiger partial charge in [-0.25, -0.2) is 4.98 Å². The summed E-state index contributed by atoms with van der Waals surface area (Å²) < 4.78 is 1.65. The van der Waals surface area contributed by atoms with Gasteiger partial charge < -0.3 is 5.32 Å². The second-order valence-corrected chi connectivity index (χ2v) is 5.66. The molecule has 0 bridgehead atoms. The van der Waals surface area contributed by atoms with Gasteiger partial charge in [0, 0.05) is 29.6 Å². The molecular formula is C16H16N6O. The quantitative estimate of drug-likeness (QED) is 0.774. The van der Waals surface area contributed by atoms with Crippen LogP contribution in [0.3, 0.4) is 0 Å². The molecule has 116 valence electrons. The number of nitrogens with one attached hydrogen (secondary N) is 2. The number of aromatic nitrogens is 5. The number of nitrogens with zero attached hydrogens (tertiary/aromatic N) is 4. The Balaban J connectivity index is 1.58. The molecule has 0 atom stereocenters. The van der Waals surface area contributed by atoms with E-state index in [4.69, 9.17) is 0 Å². The van der Waals surface area contributed by atoms with Crippen molar-refractivity contribution in [3.63, 3.8) is 0 Å². The molecule has 0 aliphatic heterocycles. The molecule has 0 radical (unpaired) electrons. The van der Waals surface area contributed by atoms with Gasteiger partial charge in [-0.2, -0.15) is 10.2 Å². The Hall–Kier alpha value is -2.96. The van der Waals surface area contributed by atoms with E-state index in [0.29, 0.717) is 17.2 Å². The minimum Gasteiger partial charge on any atom is -0.321 e. The number of aryl methyl sites for hydroxylation is 2. The summed E-state index contributed by atoms with van der Waals surface area (Å²) in [5.41, 5.74) is 4.19. The third-order valence-electron chi connectivity index (χ3n) is 4.00. The second kappa shape index (κ2) is 5.35. The molecule has 1 amide bonds. The van der Waals surface area contributed by atoms with E-state index in [-0.39, 0.29) is 5.91 Å². The third kappa shape index (κ3) is 2.50. The van der Waals surface area contributed by atoms with Gasteiger partial charge in [0.2, 0.25) is 0 Å². The number of H-pyrrole nitrogens is 1. The van der Waals surface area contributed by atoms with E-state index in [1.54, 1.807) is 11.0 Å². The van der Waals surface area contributed by atoms with E-state index in [2.05, 4.69) is 25.6 Å². The molecule has 3 aromatic rings. The molecule has 2 N–H and O–H groups in total. The molecule has 1 aliphatic carbocycles. The van der Waals surface area contributed by atoms with Gasteiger partial charge in [0.1, 0.15) is 6.33 Å². The molecular weight excluding hydrogens is 292 g/mol. The Morgan fingerprint density at radius 1 is 1.35 bits per heavy atom. The number of rotatable bonds is 3. The van der Waals surface area contributed by atoms with Gasteiger partial charge in [-0.1, -0.05) is 12.1 Å². The van der Waals surface area contributed by atoms with Gasteiger partial charge in [-0.05, 0) is 31.4 Å². The Labute approximate surface area is 132 Å². The Kier molecular flexibility index (Phi) is 3.18. The molecule has 0 unspecified atom stereocenters. The Morgan fingerprint density at radius 2 is 2.26 bits per heavy atom. The minimum absolute atomic E-state index is 0.185. The molecule has 7 heteroatoms. The highest BCUT2D eigenvalue weighted by Gasteiger charge is 2.23. The number of hydrogen-bond donors (Lipinski definition) is 2. The first kappa shape index (κ1) is 13.7. The fourth-order valence-corrected chi connectivity index (χ4v) is 2.90. The molecule has 0 saturated carbocycles. The number of carbonyl (C=O) groups is 1. The van der Waals surface area contributed by atoms with Crippen LogP contribution in [0.4, 0.5) is 5.69 Å². The van der Waals surface area contributed by atoms with Crippen LogP contribution in [0.15, 0.2) is 30.6 Å². The summed E-state index contributed by atoms with van der Waals surface area (Å²) in [4.78, 5) is 16.7. The average Bonchev–Trinajstić information content (AvgIpc) is 3.23. The normalized spacial score (nSPS) is 13.1. The third-order valence-corrected chi connectivity index (χ3v) is 4.00. The molecule has 1 aromatic carbocycles. The SMILES string of the molecule is Cn1cnc(-c2cccc(NC(=O)c3n[nH]c4c3CCC4)c2)n1. The fourth-order valence-electron chi connectivity index (χ4n) is 2.90. The van der Waals surface area contributed by atoms with E-state index in [1.807, 2.05) is 31.3 Å². The average molecular weight is 308 g/mol. The number of aromatic amines is 1. The maximum absolute atomic E-state index is 12.5. The van der Waals surface area contributed by atoms with Crippen LogP contribution in [0.25, 0.3) is 11.4 Å². The van der Waals surface area contributed by atoms with E-state index >= 15 is 0 Å². The molecule has 0 spiro atoms. The van der Waals surface area contributed by atoms with Gasteiger partial charge in [-0.3, -0.25) is 14.6 Å². The van der Waals surface area contributed by atoms with Gasteiger partial charge in [0.05, 0.1) is 0 Å². The smallest absolute Gasteiger partial charge is 0.276 e. The first-order chi connectivity index (χ1) is 11.2. The van der Waals surface area contributed by atoms with E-state index in [1.165, 1.54) is 0 Å². The Morgan fingerprint density at radius 3 is 3.09 bits per heavy atom. The topological polar surface area (TPSA) is 88.5 Å². The van der Waals surface area contributed by atoms with Crippen molar-refractivity contribution in [1.29, 1.82) is 0 Å². The van der Waals surface area contributed by atoms with Crippen LogP contribution in [0.2, 0.25) is 0 Å². The standard InChI is InChI=1S/C16H16N6O/c1-22-9-17-15(21-22)10-4-2-5-11(8-10)18-16(23)14-12-6-3-7-13(12)19-20-14/h2,4-5,8-9H,3,6-7H2,1H3,(H,18,23)(H,19,20). The zero-order chi connectivity index (χ0) is 15.8. The van der Waals surface area contributed by atoms with Crippen LogP contribution in [0, 0.1) is 0 Å². The number of anilines is 1. The van der Waals surface area contributed by atoms with Crippen molar-refractivity contribution in [3.8, 4) is 11.4 Å². The van der Waals surface area contributed by atoms with Gasteiger partial charge in [-0.15, -0.1) is 0 Å². The van der Waals surface area contributed by atoms with Gasteiger partial charge in [0.25, 0.3) is 5.91 Å².